The second-order valence-electron chi connectivity index (χ2n) is 7.30. The lowest BCUT2D eigenvalue weighted by atomic mass is 10.2. The van der Waals surface area contributed by atoms with Crippen LogP contribution in [0.25, 0.3) is 5.69 Å². The van der Waals surface area contributed by atoms with E-state index in [9.17, 15) is 9.59 Å². The zero-order valence-electron chi connectivity index (χ0n) is 15.3. The normalized spacial score (nSPS) is 15.3. The van der Waals surface area contributed by atoms with E-state index in [0.717, 1.165) is 43.5 Å². The molecule has 7 heteroatoms. The number of benzene rings is 1. The van der Waals surface area contributed by atoms with Crippen LogP contribution in [-0.2, 0) is 12.8 Å². The van der Waals surface area contributed by atoms with Crippen LogP contribution >= 0.6 is 11.3 Å². The van der Waals surface area contributed by atoms with Crippen LogP contribution in [0.4, 0.5) is 0 Å². The van der Waals surface area contributed by atoms with Crippen LogP contribution in [0.3, 0.4) is 0 Å². The number of carbonyl (C=O) groups excluding carboxylic acids is 2. The van der Waals surface area contributed by atoms with Gasteiger partial charge >= 0.3 is 0 Å². The molecule has 142 valence electrons. The van der Waals surface area contributed by atoms with Crippen molar-refractivity contribution < 1.29 is 9.59 Å². The molecule has 0 radical (unpaired) electrons. The minimum Gasteiger partial charge on any atom is -0.266 e. The first kappa shape index (κ1) is 17.2. The smallest absolute Gasteiger partial charge is 0.266 e. The summed E-state index contributed by atoms with van der Waals surface area (Å²) in [5.41, 5.74) is 8.53. The van der Waals surface area contributed by atoms with Gasteiger partial charge in [0.2, 0.25) is 0 Å². The number of fused-ring (bicyclic) bond motifs is 1. The third-order valence-electron chi connectivity index (χ3n) is 5.22. The van der Waals surface area contributed by atoms with Gasteiger partial charge in [-0.05, 0) is 61.9 Å². The van der Waals surface area contributed by atoms with Gasteiger partial charge in [0.25, 0.3) is 11.8 Å². The molecule has 2 aromatic heterocycles. The lowest BCUT2D eigenvalue weighted by molar-refractivity contribution is 0.0844. The monoisotopic (exact) mass is 392 g/mol. The van der Waals surface area contributed by atoms with Crippen molar-refractivity contribution >= 4 is 23.2 Å². The van der Waals surface area contributed by atoms with Crippen molar-refractivity contribution in [1.82, 2.24) is 20.6 Å². The maximum atomic E-state index is 12.8. The number of hydrogen-bond donors (Lipinski definition) is 2. The zero-order valence-corrected chi connectivity index (χ0v) is 16.1. The van der Waals surface area contributed by atoms with E-state index in [4.69, 9.17) is 0 Å². The fraction of sp³-hybridized carbons (Fsp3) is 0.286. The van der Waals surface area contributed by atoms with E-state index >= 15 is 0 Å². The largest absolute Gasteiger partial charge is 0.288 e. The van der Waals surface area contributed by atoms with E-state index in [-0.39, 0.29) is 11.8 Å². The van der Waals surface area contributed by atoms with Gasteiger partial charge in [-0.1, -0.05) is 18.2 Å². The van der Waals surface area contributed by atoms with Gasteiger partial charge in [0.15, 0.2) is 0 Å². The maximum absolute atomic E-state index is 12.8. The molecule has 28 heavy (non-hydrogen) atoms. The summed E-state index contributed by atoms with van der Waals surface area (Å²) in [6, 6.07) is 13.3. The average molecular weight is 392 g/mol. The van der Waals surface area contributed by atoms with Crippen LogP contribution in [0.1, 0.15) is 61.5 Å². The number of thiophene rings is 1. The highest BCUT2D eigenvalue weighted by Gasteiger charge is 2.29. The molecule has 0 unspecified atom stereocenters. The summed E-state index contributed by atoms with van der Waals surface area (Å²) in [5, 5.41) is 4.63. The summed E-state index contributed by atoms with van der Waals surface area (Å²) in [7, 11) is 0. The fourth-order valence-corrected chi connectivity index (χ4v) is 4.73. The number of rotatable bonds is 4. The molecule has 0 saturated heterocycles. The molecule has 1 fully saturated rings. The number of nitrogens with zero attached hydrogens (tertiary/aromatic N) is 2. The Morgan fingerprint density at radius 1 is 1.04 bits per heavy atom. The quantitative estimate of drug-likeness (QED) is 0.669. The second-order valence-corrected chi connectivity index (χ2v) is 8.43. The topological polar surface area (TPSA) is 76.0 Å². The Morgan fingerprint density at radius 3 is 2.57 bits per heavy atom. The van der Waals surface area contributed by atoms with Crippen LogP contribution in [0.5, 0.6) is 0 Å². The molecule has 0 atom stereocenters. The fourth-order valence-electron chi connectivity index (χ4n) is 3.59. The zero-order chi connectivity index (χ0) is 19.1. The van der Waals surface area contributed by atoms with Crippen LogP contribution in [-0.4, -0.2) is 21.6 Å². The molecule has 2 aliphatic carbocycles. The number of amides is 2. The first-order valence-electron chi connectivity index (χ1n) is 9.56. The molecular weight excluding hydrogens is 372 g/mol. The first-order valence-corrected chi connectivity index (χ1v) is 10.4. The predicted octanol–water partition coefficient (Wildman–Crippen LogP) is 3.37. The standard InChI is InChI=1S/C21H20N4O2S/c26-20(22-23-21(27)19-11-14-5-4-8-18(14)28-19)17-12-16(13-9-10-13)24-25(17)15-6-2-1-3-7-15/h1-3,6-7,11-13H,4-5,8-10H2,(H,22,26)(H,23,27). The van der Waals surface area contributed by atoms with Gasteiger partial charge in [0, 0.05) is 10.8 Å². The van der Waals surface area contributed by atoms with Gasteiger partial charge in [-0.25, -0.2) is 4.68 Å². The maximum Gasteiger partial charge on any atom is 0.288 e. The van der Waals surface area contributed by atoms with Crippen molar-refractivity contribution in [2.45, 2.75) is 38.0 Å². The number of carbonyl (C=O) groups is 2. The molecule has 2 aliphatic rings. The Bertz CT molecular complexity index is 1030. The lowest BCUT2D eigenvalue weighted by Crippen LogP contribution is -2.42. The third-order valence-corrected chi connectivity index (χ3v) is 6.45. The van der Waals surface area contributed by atoms with Crippen LogP contribution in [0.2, 0.25) is 0 Å². The minimum absolute atomic E-state index is 0.277. The van der Waals surface area contributed by atoms with E-state index < -0.39 is 0 Å². The molecule has 1 saturated carbocycles. The van der Waals surface area contributed by atoms with Gasteiger partial charge in [-0.15, -0.1) is 11.3 Å². The highest BCUT2D eigenvalue weighted by molar-refractivity contribution is 7.14. The molecule has 1 aromatic carbocycles. The van der Waals surface area contributed by atoms with E-state index in [0.29, 0.717) is 16.5 Å². The van der Waals surface area contributed by atoms with Gasteiger partial charge < -0.3 is 0 Å². The highest BCUT2D eigenvalue weighted by Crippen LogP contribution is 2.39. The Balaban J connectivity index is 1.34. The summed E-state index contributed by atoms with van der Waals surface area (Å²) < 4.78 is 1.65. The Kier molecular flexibility index (Phi) is 4.24. The number of hydrogen-bond acceptors (Lipinski definition) is 4. The average Bonchev–Trinajstić information content (AvgIpc) is 3.14. The molecule has 3 aromatic rings. The van der Waals surface area contributed by atoms with Crippen LogP contribution < -0.4 is 10.9 Å². The third kappa shape index (κ3) is 3.22. The molecule has 2 amide bonds. The molecule has 6 nitrogen and oxygen atoms in total. The van der Waals surface area contributed by atoms with Crippen molar-refractivity contribution in [3.05, 3.63) is 69.2 Å². The number of aromatic nitrogens is 2. The van der Waals surface area contributed by atoms with Crippen molar-refractivity contribution in [1.29, 1.82) is 0 Å². The predicted molar refractivity (Wildman–Crippen MR) is 107 cm³/mol. The van der Waals surface area contributed by atoms with Crippen LogP contribution in [0, 0.1) is 0 Å². The molecule has 0 spiro atoms. The molecule has 5 rings (SSSR count). The first-order chi connectivity index (χ1) is 13.7. The van der Waals surface area contributed by atoms with Gasteiger partial charge in [-0.3, -0.25) is 20.4 Å². The molecule has 2 heterocycles. The second kappa shape index (κ2) is 6.91. The summed E-state index contributed by atoms with van der Waals surface area (Å²) in [5.74, 6) is -0.221. The Morgan fingerprint density at radius 2 is 1.82 bits per heavy atom. The molecular formula is C21H20N4O2S. The van der Waals surface area contributed by atoms with E-state index in [1.165, 1.54) is 21.8 Å². The lowest BCUT2D eigenvalue weighted by Gasteiger charge is -2.09. The Hall–Kier alpha value is -2.93. The highest BCUT2D eigenvalue weighted by atomic mass is 32.1. The van der Waals surface area contributed by atoms with Gasteiger partial charge in [0.1, 0.15) is 5.69 Å². The molecule has 0 aliphatic heterocycles. The van der Waals surface area contributed by atoms with E-state index in [1.807, 2.05) is 42.5 Å². The number of hydrazine groups is 1. The van der Waals surface area contributed by atoms with Gasteiger partial charge in [-0.2, -0.15) is 5.10 Å². The number of nitrogens with one attached hydrogen (secondary N) is 2. The van der Waals surface area contributed by atoms with Crippen molar-refractivity contribution in [2.24, 2.45) is 0 Å². The number of aryl methyl sites for hydroxylation is 2. The minimum atomic E-state index is -0.374. The molecule has 0 bridgehead atoms. The number of para-hydroxylation sites is 1. The van der Waals surface area contributed by atoms with Gasteiger partial charge in [0.05, 0.1) is 16.3 Å². The van der Waals surface area contributed by atoms with Crippen molar-refractivity contribution in [3.63, 3.8) is 0 Å². The summed E-state index contributed by atoms with van der Waals surface area (Å²) in [6.07, 6.45) is 5.44. The summed E-state index contributed by atoms with van der Waals surface area (Å²) >= 11 is 1.51. The van der Waals surface area contributed by atoms with Crippen molar-refractivity contribution in [3.8, 4) is 5.69 Å². The summed E-state index contributed by atoms with van der Waals surface area (Å²) in [6.45, 7) is 0. The van der Waals surface area contributed by atoms with Crippen molar-refractivity contribution in [2.75, 3.05) is 0 Å². The summed E-state index contributed by atoms with van der Waals surface area (Å²) in [4.78, 5) is 27.1. The molecule has 2 N–H and O–H groups in total. The SMILES string of the molecule is O=C(NNC(=O)c1cc(C2CC2)nn1-c1ccccc1)c1cc2c(s1)CCC2. The van der Waals surface area contributed by atoms with Crippen LogP contribution in [0.15, 0.2) is 42.5 Å². The van der Waals surface area contributed by atoms with E-state index in [1.54, 1.807) is 4.68 Å². The Labute approximate surface area is 166 Å². The van der Waals surface area contributed by atoms with E-state index in [2.05, 4.69) is 16.0 Å².